The molecule has 0 bridgehead atoms. The Hall–Kier alpha value is -3.06. The lowest BCUT2D eigenvalue weighted by Crippen LogP contribution is -2.49. The van der Waals surface area contributed by atoms with Crippen molar-refractivity contribution in [2.24, 2.45) is 0 Å². The van der Waals surface area contributed by atoms with Crippen molar-refractivity contribution >= 4 is 28.6 Å². The molecular weight excluding hydrogens is 439 g/mol. The van der Waals surface area contributed by atoms with Gasteiger partial charge in [-0.1, -0.05) is 0 Å². The van der Waals surface area contributed by atoms with Gasteiger partial charge in [-0.3, -0.25) is 4.68 Å². The summed E-state index contributed by atoms with van der Waals surface area (Å²) < 4.78 is 43.6. The molecule has 4 heterocycles. The van der Waals surface area contributed by atoms with Gasteiger partial charge in [0.2, 0.25) is 5.95 Å². The van der Waals surface area contributed by atoms with E-state index in [0.29, 0.717) is 40.1 Å². The van der Waals surface area contributed by atoms with Crippen LogP contribution >= 0.6 is 0 Å². The van der Waals surface area contributed by atoms with Crippen molar-refractivity contribution in [3.63, 3.8) is 0 Å². The largest absolute Gasteiger partial charge is 0.411 e. The summed E-state index contributed by atoms with van der Waals surface area (Å²) in [7, 11) is 0. The van der Waals surface area contributed by atoms with Crippen LogP contribution in [0.3, 0.4) is 0 Å². The van der Waals surface area contributed by atoms with Crippen LogP contribution in [0.1, 0.15) is 18.4 Å². The maximum atomic E-state index is 12.4. The normalized spacial score (nSPS) is 17.0. The fraction of sp³-hybridized carbons (Fsp3) is 0.550. The number of nitrogens with one attached hydrogen (secondary N) is 2. The van der Waals surface area contributed by atoms with Gasteiger partial charge in [-0.2, -0.15) is 23.3 Å². The van der Waals surface area contributed by atoms with Crippen LogP contribution in [-0.4, -0.2) is 74.8 Å². The third-order valence-corrected chi connectivity index (χ3v) is 5.13. The van der Waals surface area contributed by atoms with E-state index in [1.165, 1.54) is 0 Å². The Labute approximate surface area is 188 Å². The molecule has 1 aliphatic rings. The smallest absolute Gasteiger partial charge is 0.370 e. The molecule has 178 valence electrons. The van der Waals surface area contributed by atoms with Gasteiger partial charge in [-0.05, 0) is 26.8 Å². The number of alkyl halides is 3. The summed E-state index contributed by atoms with van der Waals surface area (Å²) in [6, 6.07) is 2.00. The number of fused-ring (bicyclic) bond motifs is 1. The van der Waals surface area contributed by atoms with E-state index in [4.69, 9.17) is 14.7 Å². The second-order valence-corrected chi connectivity index (χ2v) is 7.96. The molecule has 0 aromatic carbocycles. The van der Waals surface area contributed by atoms with E-state index < -0.39 is 12.8 Å². The molecule has 0 unspecified atom stereocenters. The van der Waals surface area contributed by atoms with Crippen LogP contribution in [-0.2, 0) is 11.3 Å². The Morgan fingerprint density at radius 1 is 1.24 bits per heavy atom. The summed E-state index contributed by atoms with van der Waals surface area (Å²) in [4.78, 5) is 20.1. The number of nitrogens with zero attached hydrogens (tertiary/aromatic N) is 7. The van der Waals surface area contributed by atoms with Gasteiger partial charge in [0.1, 0.15) is 29.3 Å². The van der Waals surface area contributed by atoms with Gasteiger partial charge in [-0.25, -0.2) is 15.0 Å². The first-order valence-corrected chi connectivity index (χ1v) is 10.6. The minimum absolute atomic E-state index is 0.116. The van der Waals surface area contributed by atoms with Gasteiger partial charge >= 0.3 is 6.18 Å². The van der Waals surface area contributed by atoms with E-state index in [1.54, 1.807) is 23.9 Å². The van der Waals surface area contributed by atoms with Crippen molar-refractivity contribution in [1.29, 1.82) is 0 Å². The molecule has 4 rings (SSSR count). The lowest BCUT2D eigenvalue weighted by Gasteiger charge is -2.32. The quantitative estimate of drug-likeness (QED) is 0.509. The molecular formula is C20H26F3N9O. The van der Waals surface area contributed by atoms with Crippen molar-refractivity contribution < 1.29 is 17.9 Å². The molecule has 1 aliphatic heterocycles. The predicted octanol–water partition coefficient (Wildman–Crippen LogP) is 2.35. The highest BCUT2D eigenvalue weighted by atomic mass is 19.4. The molecule has 1 saturated heterocycles. The van der Waals surface area contributed by atoms with Crippen LogP contribution in [0.4, 0.5) is 30.8 Å². The van der Waals surface area contributed by atoms with Crippen LogP contribution in [0.25, 0.3) is 11.0 Å². The summed E-state index contributed by atoms with van der Waals surface area (Å²) in [5.74, 6) is 2.16. The molecule has 1 fully saturated rings. The lowest BCUT2D eigenvalue weighted by molar-refractivity contribution is -0.174. The molecule has 0 aliphatic carbocycles. The van der Waals surface area contributed by atoms with Gasteiger partial charge < -0.3 is 20.3 Å². The summed E-state index contributed by atoms with van der Waals surface area (Å²) in [5, 5.41) is 11.1. The molecule has 3 aromatic heterocycles. The molecule has 3 aromatic rings. The van der Waals surface area contributed by atoms with Crippen molar-refractivity contribution in [1.82, 2.24) is 35.0 Å². The average Bonchev–Trinajstić information content (AvgIpc) is 3.06. The fourth-order valence-electron chi connectivity index (χ4n) is 3.71. The molecule has 2 N–H and O–H groups in total. The number of ether oxygens (including phenoxy) is 1. The summed E-state index contributed by atoms with van der Waals surface area (Å²) in [6.45, 7) is 6.65. The number of hydrogen-bond donors (Lipinski definition) is 2. The van der Waals surface area contributed by atoms with E-state index in [1.807, 2.05) is 6.92 Å². The lowest BCUT2D eigenvalue weighted by atomic mass is 10.2. The second-order valence-electron chi connectivity index (χ2n) is 7.96. The topological polar surface area (TPSA) is 106 Å². The van der Waals surface area contributed by atoms with Gasteiger partial charge in [0.25, 0.3) is 0 Å². The Kier molecular flexibility index (Phi) is 6.61. The van der Waals surface area contributed by atoms with E-state index in [0.717, 1.165) is 19.6 Å². The van der Waals surface area contributed by atoms with Gasteiger partial charge in [0.15, 0.2) is 5.82 Å². The Balaban J connectivity index is 1.70. The van der Waals surface area contributed by atoms with Crippen LogP contribution in [0, 0.1) is 13.8 Å². The SMILES string of the molecule is Cc1nccc(Nc2nc(N3CCN[C@H](C)C3)nc3c(C)nn(CCOCC(F)(F)F)c23)n1. The van der Waals surface area contributed by atoms with Crippen molar-refractivity contribution in [3.05, 3.63) is 23.8 Å². The van der Waals surface area contributed by atoms with Gasteiger partial charge in [0.05, 0.1) is 18.8 Å². The summed E-state index contributed by atoms with van der Waals surface area (Å²) in [5.41, 5.74) is 1.84. The third-order valence-electron chi connectivity index (χ3n) is 5.13. The standard InChI is InChI=1S/C20H26F3N9O/c1-12-10-31(7-6-24-12)19-28-16-13(2)30-32(8-9-33-11-20(21,22)23)17(16)18(29-19)27-15-4-5-25-14(3)26-15/h4-5,12,24H,6-11H2,1-3H3,(H,25,26,27,28,29)/t12-/m1/s1. The molecule has 0 saturated carbocycles. The first-order chi connectivity index (χ1) is 15.7. The van der Waals surface area contributed by atoms with Crippen LogP contribution in [0.2, 0.25) is 0 Å². The highest BCUT2D eigenvalue weighted by Gasteiger charge is 2.27. The number of hydrogen-bond acceptors (Lipinski definition) is 9. The third kappa shape index (κ3) is 5.66. The van der Waals surface area contributed by atoms with Crippen molar-refractivity contribution in [2.75, 3.05) is 43.1 Å². The van der Waals surface area contributed by atoms with Gasteiger partial charge in [-0.15, -0.1) is 0 Å². The predicted molar refractivity (Wildman–Crippen MR) is 117 cm³/mol. The Morgan fingerprint density at radius 2 is 2.06 bits per heavy atom. The highest BCUT2D eigenvalue weighted by Crippen LogP contribution is 2.28. The monoisotopic (exact) mass is 465 g/mol. The molecule has 10 nitrogen and oxygen atoms in total. The zero-order valence-electron chi connectivity index (χ0n) is 18.6. The maximum absolute atomic E-state index is 12.4. The average molecular weight is 465 g/mol. The minimum atomic E-state index is -4.38. The molecule has 0 spiro atoms. The zero-order chi connectivity index (χ0) is 23.6. The molecule has 33 heavy (non-hydrogen) atoms. The number of piperazine rings is 1. The number of anilines is 3. The van der Waals surface area contributed by atoms with E-state index in [-0.39, 0.29) is 19.2 Å². The Morgan fingerprint density at radius 3 is 2.79 bits per heavy atom. The summed E-state index contributed by atoms with van der Waals surface area (Å²) in [6.07, 6.45) is -2.74. The first-order valence-electron chi connectivity index (χ1n) is 10.6. The van der Waals surface area contributed by atoms with Crippen LogP contribution in [0.5, 0.6) is 0 Å². The van der Waals surface area contributed by atoms with Crippen molar-refractivity contribution in [3.8, 4) is 0 Å². The maximum Gasteiger partial charge on any atom is 0.411 e. The minimum Gasteiger partial charge on any atom is -0.370 e. The Bertz CT molecular complexity index is 1120. The highest BCUT2D eigenvalue weighted by molar-refractivity contribution is 5.90. The molecule has 0 radical (unpaired) electrons. The van der Waals surface area contributed by atoms with E-state index >= 15 is 0 Å². The number of aromatic nitrogens is 6. The fourth-order valence-corrected chi connectivity index (χ4v) is 3.71. The van der Waals surface area contributed by atoms with Crippen LogP contribution < -0.4 is 15.5 Å². The molecule has 1 atom stereocenters. The van der Waals surface area contributed by atoms with Crippen molar-refractivity contribution in [2.45, 2.75) is 39.5 Å². The van der Waals surface area contributed by atoms with Crippen LogP contribution in [0.15, 0.2) is 12.3 Å². The van der Waals surface area contributed by atoms with E-state index in [2.05, 4.69) is 37.5 Å². The second kappa shape index (κ2) is 9.43. The number of halogens is 3. The number of aryl methyl sites for hydroxylation is 2. The molecule has 0 amide bonds. The first kappa shape index (κ1) is 23.1. The van der Waals surface area contributed by atoms with Gasteiger partial charge in [0, 0.05) is 31.9 Å². The van der Waals surface area contributed by atoms with E-state index in [9.17, 15) is 13.2 Å². The molecule has 13 heteroatoms. The number of rotatable bonds is 7. The summed E-state index contributed by atoms with van der Waals surface area (Å²) >= 11 is 0. The zero-order valence-corrected chi connectivity index (χ0v) is 18.6.